The molecule has 2 aromatic carbocycles. The van der Waals surface area contributed by atoms with E-state index >= 15 is 0 Å². The number of nitrogens with zero attached hydrogens (tertiary/aromatic N) is 5. The zero-order valence-electron chi connectivity index (χ0n) is 13.9. The molecule has 0 unspecified atom stereocenters. The van der Waals surface area contributed by atoms with E-state index in [9.17, 15) is 13.2 Å². The van der Waals surface area contributed by atoms with E-state index in [2.05, 4.69) is 20.5 Å². The standard InChI is InChI=1S/C17H12ClF3N6/c1-9-11-6-5-10(17(20,21)16-22-25-26-23-16)7-15(11)27(24-9)8-12-13(18)3-2-4-14(12)19/h2-7H,8H2,1H3,(H,22,23,25,26). The van der Waals surface area contributed by atoms with E-state index in [0.29, 0.717) is 16.6 Å². The second kappa shape index (κ2) is 6.34. The number of nitrogens with one attached hydrogen (secondary N) is 1. The first-order valence-corrected chi connectivity index (χ1v) is 8.28. The van der Waals surface area contributed by atoms with Crippen molar-refractivity contribution < 1.29 is 13.2 Å². The number of alkyl halides is 2. The van der Waals surface area contributed by atoms with Crippen molar-refractivity contribution in [2.24, 2.45) is 0 Å². The SMILES string of the molecule is Cc1nn(Cc2c(F)cccc2Cl)c2cc(C(F)(F)c3nn[nH]n3)ccc12. The lowest BCUT2D eigenvalue weighted by Crippen LogP contribution is -2.17. The van der Waals surface area contributed by atoms with Crippen LogP contribution >= 0.6 is 11.6 Å². The lowest BCUT2D eigenvalue weighted by Gasteiger charge is -2.13. The smallest absolute Gasteiger partial charge is 0.260 e. The average molecular weight is 393 g/mol. The van der Waals surface area contributed by atoms with Crippen LogP contribution in [0.3, 0.4) is 0 Å². The van der Waals surface area contributed by atoms with Crippen molar-refractivity contribution in [1.29, 1.82) is 0 Å². The number of H-pyrrole nitrogens is 1. The number of aromatic nitrogens is 6. The van der Waals surface area contributed by atoms with Crippen LogP contribution in [0.5, 0.6) is 0 Å². The topological polar surface area (TPSA) is 72.3 Å². The van der Waals surface area contributed by atoms with Crippen LogP contribution in [0, 0.1) is 12.7 Å². The maximum absolute atomic E-state index is 14.6. The fourth-order valence-corrected chi connectivity index (χ4v) is 3.14. The van der Waals surface area contributed by atoms with Gasteiger partial charge in [-0.25, -0.2) is 4.39 Å². The van der Waals surface area contributed by atoms with Gasteiger partial charge < -0.3 is 0 Å². The monoisotopic (exact) mass is 392 g/mol. The molecule has 27 heavy (non-hydrogen) atoms. The summed E-state index contributed by atoms with van der Waals surface area (Å²) in [5, 5.41) is 17.2. The summed E-state index contributed by atoms with van der Waals surface area (Å²) in [5.74, 6) is -4.67. The van der Waals surface area contributed by atoms with Gasteiger partial charge in [0.05, 0.1) is 17.8 Å². The minimum absolute atomic E-state index is 0.00703. The summed E-state index contributed by atoms with van der Waals surface area (Å²) in [6.45, 7) is 1.76. The van der Waals surface area contributed by atoms with Crippen LogP contribution in [0.25, 0.3) is 10.9 Å². The normalized spacial score (nSPS) is 12.0. The average Bonchev–Trinajstić information content (AvgIpc) is 3.27. The molecule has 0 atom stereocenters. The van der Waals surface area contributed by atoms with Crippen LogP contribution < -0.4 is 0 Å². The van der Waals surface area contributed by atoms with E-state index < -0.39 is 17.6 Å². The van der Waals surface area contributed by atoms with Gasteiger partial charge in [-0.15, -0.1) is 10.2 Å². The summed E-state index contributed by atoms with van der Waals surface area (Å²) in [5.41, 5.74) is 0.968. The molecule has 4 aromatic rings. The number of halogens is 4. The molecule has 2 heterocycles. The van der Waals surface area contributed by atoms with Crippen LogP contribution in [0.15, 0.2) is 36.4 Å². The van der Waals surface area contributed by atoms with Gasteiger partial charge in [-0.2, -0.15) is 19.1 Å². The summed E-state index contributed by atoms with van der Waals surface area (Å²) in [6, 6.07) is 8.47. The van der Waals surface area contributed by atoms with Crippen LogP contribution in [0.2, 0.25) is 5.02 Å². The van der Waals surface area contributed by atoms with Gasteiger partial charge in [-0.1, -0.05) is 29.8 Å². The van der Waals surface area contributed by atoms with Crippen molar-refractivity contribution in [3.8, 4) is 0 Å². The third kappa shape index (κ3) is 2.93. The Morgan fingerprint density at radius 2 is 2.04 bits per heavy atom. The number of hydrogen-bond acceptors (Lipinski definition) is 4. The summed E-state index contributed by atoms with van der Waals surface area (Å²) in [6.07, 6.45) is 0. The molecule has 1 N–H and O–H groups in total. The predicted molar refractivity (Wildman–Crippen MR) is 92.2 cm³/mol. The Kier molecular flexibility index (Phi) is 4.11. The van der Waals surface area contributed by atoms with E-state index in [1.807, 2.05) is 5.21 Å². The van der Waals surface area contributed by atoms with E-state index in [1.165, 1.54) is 28.9 Å². The largest absolute Gasteiger partial charge is 0.335 e. The van der Waals surface area contributed by atoms with E-state index in [4.69, 9.17) is 11.6 Å². The highest BCUT2D eigenvalue weighted by molar-refractivity contribution is 6.31. The highest BCUT2D eigenvalue weighted by Crippen LogP contribution is 2.35. The van der Waals surface area contributed by atoms with Gasteiger partial charge in [-0.05, 0) is 30.3 Å². The molecule has 0 aliphatic rings. The summed E-state index contributed by atoms with van der Waals surface area (Å²) < 4.78 is 44.9. The lowest BCUT2D eigenvalue weighted by molar-refractivity contribution is 0.0330. The fourth-order valence-electron chi connectivity index (χ4n) is 2.91. The first kappa shape index (κ1) is 17.5. The van der Waals surface area contributed by atoms with Gasteiger partial charge in [-0.3, -0.25) is 4.68 Å². The highest BCUT2D eigenvalue weighted by atomic mass is 35.5. The van der Waals surface area contributed by atoms with Gasteiger partial charge in [0.25, 0.3) is 0 Å². The molecule has 0 bridgehead atoms. The minimum Gasteiger partial charge on any atom is -0.260 e. The van der Waals surface area contributed by atoms with Crippen molar-refractivity contribution in [3.63, 3.8) is 0 Å². The molecular formula is C17H12ClF3N6. The number of rotatable bonds is 4. The number of aromatic amines is 1. The van der Waals surface area contributed by atoms with E-state index in [1.54, 1.807) is 19.1 Å². The van der Waals surface area contributed by atoms with Crippen molar-refractivity contribution in [1.82, 2.24) is 30.4 Å². The summed E-state index contributed by atoms with van der Waals surface area (Å²) >= 11 is 6.08. The molecule has 138 valence electrons. The molecule has 10 heteroatoms. The van der Waals surface area contributed by atoms with Gasteiger partial charge in [0.2, 0.25) is 5.82 Å². The zero-order chi connectivity index (χ0) is 19.2. The Labute approximate surface area is 156 Å². The van der Waals surface area contributed by atoms with Crippen LogP contribution in [0.4, 0.5) is 13.2 Å². The van der Waals surface area contributed by atoms with Crippen LogP contribution in [-0.2, 0) is 12.5 Å². The third-order valence-electron chi connectivity index (χ3n) is 4.29. The Bertz CT molecular complexity index is 1100. The molecule has 0 fully saturated rings. The number of benzene rings is 2. The highest BCUT2D eigenvalue weighted by Gasteiger charge is 2.39. The number of tetrazole rings is 1. The van der Waals surface area contributed by atoms with Crippen molar-refractivity contribution in [2.75, 3.05) is 0 Å². The zero-order valence-corrected chi connectivity index (χ0v) is 14.7. The Morgan fingerprint density at radius 1 is 1.22 bits per heavy atom. The molecule has 0 amide bonds. The van der Waals surface area contributed by atoms with Crippen molar-refractivity contribution >= 4 is 22.5 Å². The minimum atomic E-state index is -3.44. The number of fused-ring (bicyclic) bond motifs is 1. The molecule has 4 rings (SSSR count). The fraction of sp³-hybridized carbons (Fsp3) is 0.176. The third-order valence-corrected chi connectivity index (χ3v) is 4.65. The van der Waals surface area contributed by atoms with E-state index in [-0.39, 0.29) is 22.7 Å². The first-order valence-electron chi connectivity index (χ1n) is 7.90. The molecule has 0 saturated heterocycles. The van der Waals surface area contributed by atoms with Gasteiger partial charge in [0.15, 0.2) is 0 Å². The molecule has 0 spiro atoms. The van der Waals surface area contributed by atoms with Crippen molar-refractivity contribution in [3.05, 3.63) is 69.9 Å². The molecule has 0 saturated carbocycles. The van der Waals surface area contributed by atoms with Crippen molar-refractivity contribution in [2.45, 2.75) is 19.4 Å². The Morgan fingerprint density at radius 3 is 2.74 bits per heavy atom. The molecule has 0 radical (unpaired) electrons. The van der Waals surface area contributed by atoms with Crippen LogP contribution in [0.1, 0.15) is 22.6 Å². The quantitative estimate of drug-likeness (QED) is 0.572. The number of aryl methyl sites for hydroxylation is 1. The van der Waals surface area contributed by atoms with Gasteiger partial charge in [0.1, 0.15) is 5.82 Å². The second-order valence-corrected chi connectivity index (χ2v) is 6.39. The molecular weight excluding hydrogens is 381 g/mol. The van der Waals surface area contributed by atoms with Gasteiger partial charge in [0, 0.05) is 21.5 Å². The predicted octanol–water partition coefficient (Wildman–Crippen LogP) is 3.84. The molecule has 0 aliphatic carbocycles. The van der Waals surface area contributed by atoms with E-state index in [0.717, 1.165) is 0 Å². The van der Waals surface area contributed by atoms with Crippen LogP contribution in [-0.4, -0.2) is 30.4 Å². The maximum Gasteiger partial charge on any atom is 0.335 e. The van der Waals surface area contributed by atoms with Gasteiger partial charge >= 0.3 is 5.92 Å². The summed E-state index contributed by atoms with van der Waals surface area (Å²) in [4.78, 5) is 0. The molecule has 6 nitrogen and oxygen atoms in total. The second-order valence-electron chi connectivity index (χ2n) is 5.99. The first-order chi connectivity index (χ1) is 12.9. The lowest BCUT2D eigenvalue weighted by atomic mass is 10.1. The molecule has 0 aliphatic heterocycles. The maximum atomic E-state index is 14.6. The molecule has 2 aromatic heterocycles. The summed E-state index contributed by atoms with van der Waals surface area (Å²) in [7, 11) is 0. The Hall–Kier alpha value is -2.94. The Balaban J connectivity index is 1.83. The number of hydrogen-bond donors (Lipinski definition) is 1.